The van der Waals surface area contributed by atoms with Crippen molar-refractivity contribution in [3.05, 3.63) is 46.0 Å². The van der Waals surface area contributed by atoms with E-state index in [0.29, 0.717) is 5.92 Å². The van der Waals surface area contributed by atoms with Gasteiger partial charge in [0.05, 0.1) is 5.69 Å². The Morgan fingerprint density at radius 2 is 2.23 bits per heavy atom. The van der Waals surface area contributed by atoms with Gasteiger partial charge in [-0.3, -0.25) is 14.1 Å². The minimum atomic E-state index is 0. The van der Waals surface area contributed by atoms with Crippen LogP contribution in [-0.2, 0) is 6.54 Å². The second-order valence-corrected chi connectivity index (χ2v) is 5.97. The maximum Gasteiger partial charge on any atom is 0.258 e. The molecular formula is C16H23ClN4O. The Balaban J connectivity index is 0.00000176. The summed E-state index contributed by atoms with van der Waals surface area (Å²) in [6, 6.07) is 5.57. The molecule has 1 atom stereocenters. The fourth-order valence-corrected chi connectivity index (χ4v) is 3.08. The van der Waals surface area contributed by atoms with Crippen LogP contribution in [0.4, 0.5) is 0 Å². The number of aromatic nitrogens is 2. The minimum absolute atomic E-state index is 0. The molecule has 120 valence electrons. The Kier molecular flexibility index (Phi) is 5.56. The topological polar surface area (TPSA) is 49.6 Å². The van der Waals surface area contributed by atoms with Crippen molar-refractivity contribution in [1.82, 2.24) is 19.6 Å². The number of nitrogens with zero attached hydrogens (tertiary/aromatic N) is 3. The van der Waals surface area contributed by atoms with E-state index in [1.165, 1.54) is 6.42 Å². The van der Waals surface area contributed by atoms with Crippen LogP contribution in [0, 0.1) is 12.8 Å². The molecule has 3 rings (SSSR count). The van der Waals surface area contributed by atoms with Gasteiger partial charge in [0.15, 0.2) is 0 Å². The number of nitrogens with one attached hydrogen (secondary N) is 1. The fourth-order valence-electron chi connectivity index (χ4n) is 3.08. The summed E-state index contributed by atoms with van der Waals surface area (Å²) in [5.74, 6) is 0.708. The Morgan fingerprint density at radius 1 is 1.41 bits per heavy atom. The number of fused-ring (bicyclic) bond motifs is 1. The van der Waals surface area contributed by atoms with Crippen molar-refractivity contribution >= 4 is 18.1 Å². The van der Waals surface area contributed by atoms with Crippen LogP contribution in [0.15, 0.2) is 29.2 Å². The second-order valence-electron chi connectivity index (χ2n) is 5.97. The number of hydrogen-bond acceptors (Lipinski definition) is 4. The molecule has 6 heteroatoms. The van der Waals surface area contributed by atoms with Crippen LogP contribution >= 0.6 is 12.4 Å². The highest BCUT2D eigenvalue weighted by atomic mass is 35.5. The number of halogens is 1. The van der Waals surface area contributed by atoms with E-state index >= 15 is 0 Å². The zero-order valence-electron chi connectivity index (χ0n) is 13.1. The third kappa shape index (κ3) is 3.66. The van der Waals surface area contributed by atoms with E-state index in [1.807, 2.05) is 32.3 Å². The predicted octanol–water partition coefficient (Wildman–Crippen LogP) is 1.47. The van der Waals surface area contributed by atoms with Gasteiger partial charge in [0, 0.05) is 25.4 Å². The van der Waals surface area contributed by atoms with Crippen LogP contribution in [0.1, 0.15) is 17.7 Å². The largest absolute Gasteiger partial charge is 0.319 e. The van der Waals surface area contributed by atoms with Gasteiger partial charge >= 0.3 is 0 Å². The van der Waals surface area contributed by atoms with Crippen molar-refractivity contribution in [3.63, 3.8) is 0 Å². The fraction of sp³-hybridized carbons (Fsp3) is 0.500. The molecule has 0 bridgehead atoms. The van der Waals surface area contributed by atoms with E-state index in [0.717, 1.165) is 43.1 Å². The van der Waals surface area contributed by atoms with Gasteiger partial charge < -0.3 is 5.32 Å². The molecule has 0 saturated carbocycles. The predicted molar refractivity (Wildman–Crippen MR) is 90.8 cm³/mol. The van der Waals surface area contributed by atoms with E-state index in [2.05, 4.69) is 15.2 Å². The van der Waals surface area contributed by atoms with Crippen molar-refractivity contribution in [3.8, 4) is 0 Å². The summed E-state index contributed by atoms with van der Waals surface area (Å²) in [5, 5.41) is 3.24. The van der Waals surface area contributed by atoms with Crippen LogP contribution in [0.3, 0.4) is 0 Å². The molecule has 2 aromatic rings. The lowest BCUT2D eigenvalue weighted by atomic mass is 10.1. The van der Waals surface area contributed by atoms with Crippen molar-refractivity contribution in [2.75, 3.05) is 26.7 Å². The maximum atomic E-state index is 12.2. The number of aryl methyl sites for hydroxylation is 1. The first-order valence-corrected chi connectivity index (χ1v) is 7.51. The lowest BCUT2D eigenvalue weighted by Crippen LogP contribution is -2.26. The number of likely N-dealkylation sites (tertiary alicyclic amines) is 1. The second kappa shape index (κ2) is 7.22. The lowest BCUT2D eigenvalue weighted by molar-refractivity contribution is 0.311. The van der Waals surface area contributed by atoms with Crippen molar-refractivity contribution in [2.45, 2.75) is 19.9 Å². The molecule has 1 fully saturated rings. The van der Waals surface area contributed by atoms with Crippen molar-refractivity contribution in [1.29, 1.82) is 0 Å². The van der Waals surface area contributed by atoms with Crippen LogP contribution in [0.25, 0.3) is 5.65 Å². The normalized spacial score (nSPS) is 18.5. The highest BCUT2D eigenvalue weighted by Gasteiger charge is 2.22. The molecule has 0 radical (unpaired) electrons. The summed E-state index contributed by atoms with van der Waals surface area (Å²) in [6.45, 7) is 5.96. The number of rotatable bonds is 4. The average Bonchev–Trinajstić information content (AvgIpc) is 2.87. The van der Waals surface area contributed by atoms with Crippen LogP contribution in [0.2, 0.25) is 0 Å². The van der Waals surface area contributed by atoms with Gasteiger partial charge in [0.25, 0.3) is 5.56 Å². The molecule has 22 heavy (non-hydrogen) atoms. The maximum absolute atomic E-state index is 12.2. The van der Waals surface area contributed by atoms with Gasteiger partial charge in [-0.05, 0) is 51.0 Å². The molecule has 1 N–H and O–H groups in total. The molecule has 0 amide bonds. The average molecular weight is 323 g/mol. The summed E-state index contributed by atoms with van der Waals surface area (Å²) in [5.41, 5.74) is 2.67. The molecule has 2 aromatic heterocycles. The van der Waals surface area contributed by atoms with Gasteiger partial charge in [0.2, 0.25) is 0 Å². The summed E-state index contributed by atoms with van der Waals surface area (Å²) in [4.78, 5) is 19.2. The molecule has 0 spiro atoms. The molecule has 1 unspecified atom stereocenters. The molecule has 0 aliphatic carbocycles. The van der Waals surface area contributed by atoms with Crippen LogP contribution in [-0.4, -0.2) is 41.0 Å². The molecule has 1 aliphatic rings. The number of hydrogen-bond donors (Lipinski definition) is 1. The van der Waals surface area contributed by atoms with Crippen molar-refractivity contribution < 1.29 is 0 Å². The quantitative estimate of drug-likeness (QED) is 0.926. The smallest absolute Gasteiger partial charge is 0.258 e. The first-order chi connectivity index (χ1) is 10.2. The molecule has 5 nitrogen and oxygen atoms in total. The first kappa shape index (κ1) is 16.9. The summed E-state index contributed by atoms with van der Waals surface area (Å²) < 4.78 is 1.62. The zero-order chi connectivity index (χ0) is 14.8. The van der Waals surface area contributed by atoms with E-state index in [4.69, 9.17) is 0 Å². The highest BCUT2D eigenvalue weighted by Crippen LogP contribution is 2.17. The Labute approximate surface area is 136 Å². The van der Waals surface area contributed by atoms with E-state index in [-0.39, 0.29) is 18.0 Å². The first-order valence-electron chi connectivity index (χ1n) is 7.51. The number of pyridine rings is 1. The Hall–Kier alpha value is -1.43. The SMILES string of the molecule is CNCC1CCN(Cc2cc(=O)n3cc(C)ccc3n2)C1.Cl. The van der Waals surface area contributed by atoms with Gasteiger partial charge in [0.1, 0.15) is 5.65 Å². The monoisotopic (exact) mass is 322 g/mol. The standard InChI is InChI=1S/C16H22N4O.ClH/c1-12-3-4-15-18-14(7-16(21)20(15)9-12)11-19-6-5-13(10-19)8-17-2;/h3-4,7,9,13,17H,5-6,8,10-11H2,1-2H3;1H. The van der Waals surface area contributed by atoms with E-state index in [1.54, 1.807) is 10.5 Å². The summed E-state index contributed by atoms with van der Waals surface area (Å²) in [6.07, 6.45) is 3.06. The van der Waals surface area contributed by atoms with Gasteiger partial charge in [-0.1, -0.05) is 6.07 Å². The Bertz CT molecular complexity index is 700. The lowest BCUT2D eigenvalue weighted by Gasteiger charge is -2.15. The third-order valence-electron chi connectivity index (χ3n) is 4.11. The summed E-state index contributed by atoms with van der Waals surface area (Å²) in [7, 11) is 2.00. The molecule has 0 aromatic carbocycles. The van der Waals surface area contributed by atoms with Crippen LogP contribution in [0.5, 0.6) is 0 Å². The molecule has 1 saturated heterocycles. The molecule has 1 aliphatic heterocycles. The highest BCUT2D eigenvalue weighted by molar-refractivity contribution is 5.85. The minimum Gasteiger partial charge on any atom is -0.319 e. The van der Waals surface area contributed by atoms with Gasteiger partial charge in [-0.25, -0.2) is 4.98 Å². The van der Waals surface area contributed by atoms with Crippen LogP contribution < -0.4 is 10.9 Å². The van der Waals surface area contributed by atoms with E-state index < -0.39 is 0 Å². The zero-order valence-corrected chi connectivity index (χ0v) is 13.9. The molecular weight excluding hydrogens is 300 g/mol. The van der Waals surface area contributed by atoms with Crippen molar-refractivity contribution in [2.24, 2.45) is 5.92 Å². The third-order valence-corrected chi connectivity index (χ3v) is 4.11. The van der Waals surface area contributed by atoms with Gasteiger partial charge in [-0.15, -0.1) is 12.4 Å². The molecule has 3 heterocycles. The summed E-state index contributed by atoms with van der Waals surface area (Å²) >= 11 is 0. The van der Waals surface area contributed by atoms with Gasteiger partial charge in [-0.2, -0.15) is 0 Å². The van der Waals surface area contributed by atoms with E-state index in [9.17, 15) is 4.79 Å². The Morgan fingerprint density at radius 3 is 3.00 bits per heavy atom.